The third-order valence-electron chi connectivity index (χ3n) is 4.56. The van der Waals surface area contributed by atoms with Gasteiger partial charge in [-0.1, -0.05) is 13.0 Å². The van der Waals surface area contributed by atoms with Crippen LogP contribution in [0.2, 0.25) is 0 Å². The Bertz CT molecular complexity index is 891. The number of carbonyl (C=O) groups excluding carboxylic acids is 2. The maximum atomic E-state index is 12.4. The Labute approximate surface area is 157 Å². The Morgan fingerprint density at radius 3 is 2.67 bits per heavy atom. The molecule has 2 amide bonds. The molecule has 7 heteroatoms. The molecule has 0 aromatic heterocycles. The van der Waals surface area contributed by atoms with E-state index in [1.807, 2.05) is 13.0 Å². The zero-order chi connectivity index (χ0) is 19.4. The van der Waals surface area contributed by atoms with Crippen molar-refractivity contribution < 1.29 is 14.3 Å². The van der Waals surface area contributed by atoms with Crippen molar-refractivity contribution in [2.45, 2.75) is 19.8 Å². The molecule has 140 valence electrons. The van der Waals surface area contributed by atoms with Gasteiger partial charge in [-0.05, 0) is 42.8 Å². The quantitative estimate of drug-likeness (QED) is 0.708. The molecule has 1 aliphatic heterocycles. The SMILES string of the molecule is CCC1CC(=O)NN=C1c1ccc(NC(=O)c2ccc(OC)cc2)c(N)c1. The van der Waals surface area contributed by atoms with Gasteiger partial charge in [-0.3, -0.25) is 9.59 Å². The molecule has 0 saturated heterocycles. The van der Waals surface area contributed by atoms with Gasteiger partial charge in [0.1, 0.15) is 5.75 Å². The average molecular weight is 366 g/mol. The van der Waals surface area contributed by atoms with Crippen LogP contribution in [0.1, 0.15) is 35.7 Å². The number of anilines is 2. The number of nitrogens with one attached hydrogen (secondary N) is 2. The summed E-state index contributed by atoms with van der Waals surface area (Å²) >= 11 is 0. The molecule has 0 aliphatic carbocycles. The van der Waals surface area contributed by atoms with Crippen LogP contribution in [-0.4, -0.2) is 24.6 Å². The first-order chi connectivity index (χ1) is 13.0. The summed E-state index contributed by atoms with van der Waals surface area (Å²) in [6.45, 7) is 2.02. The van der Waals surface area contributed by atoms with Crippen LogP contribution >= 0.6 is 0 Å². The number of nitrogens with two attached hydrogens (primary N) is 1. The summed E-state index contributed by atoms with van der Waals surface area (Å²) < 4.78 is 5.09. The summed E-state index contributed by atoms with van der Waals surface area (Å²) in [6.07, 6.45) is 1.22. The minimum Gasteiger partial charge on any atom is -0.497 e. The first kappa shape index (κ1) is 18.4. The normalized spacial score (nSPS) is 16.3. The number of nitrogen functional groups attached to an aromatic ring is 1. The topological polar surface area (TPSA) is 106 Å². The number of rotatable bonds is 5. The number of nitrogens with zero attached hydrogens (tertiary/aromatic N) is 1. The second-order valence-electron chi connectivity index (χ2n) is 6.33. The first-order valence-electron chi connectivity index (χ1n) is 8.73. The van der Waals surface area contributed by atoms with Crippen LogP contribution in [0, 0.1) is 5.92 Å². The van der Waals surface area contributed by atoms with Crippen molar-refractivity contribution in [1.82, 2.24) is 5.43 Å². The Morgan fingerprint density at radius 2 is 2.04 bits per heavy atom. The van der Waals surface area contributed by atoms with Crippen LogP contribution < -0.4 is 21.2 Å². The molecule has 2 aromatic rings. The third-order valence-corrected chi connectivity index (χ3v) is 4.56. The van der Waals surface area contributed by atoms with E-state index in [1.54, 1.807) is 43.5 Å². The van der Waals surface area contributed by atoms with Gasteiger partial charge in [0, 0.05) is 23.5 Å². The molecule has 1 aliphatic rings. The second kappa shape index (κ2) is 7.90. The van der Waals surface area contributed by atoms with Gasteiger partial charge in [0.25, 0.3) is 5.91 Å². The minimum absolute atomic E-state index is 0.0536. The Kier molecular flexibility index (Phi) is 5.40. The molecule has 7 nitrogen and oxygen atoms in total. The van der Waals surface area contributed by atoms with E-state index in [-0.39, 0.29) is 17.7 Å². The zero-order valence-corrected chi connectivity index (χ0v) is 15.3. The van der Waals surface area contributed by atoms with Crippen LogP contribution in [0.15, 0.2) is 47.6 Å². The van der Waals surface area contributed by atoms with E-state index in [0.29, 0.717) is 29.1 Å². The van der Waals surface area contributed by atoms with Crippen molar-refractivity contribution in [3.63, 3.8) is 0 Å². The molecule has 27 heavy (non-hydrogen) atoms. The Morgan fingerprint density at radius 1 is 1.30 bits per heavy atom. The number of hydrogen-bond donors (Lipinski definition) is 3. The molecule has 1 unspecified atom stereocenters. The van der Waals surface area contributed by atoms with Gasteiger partial charge in [-0.15, -0.1) is 0 Å². The fourth-order valence-corrected chi connectivity index (χ4v) is 2.99. The summed E-state index contributed by atoms with van der Waals surface area (Å²) in [5.41, 5.74) is 11.8. The molecule has 0 saturated carbocycles. The predicted octanol–water partition coefficient (Wildman–Crippen LogP) is 2.78. The van der Waals surface area contributed by atoms with Crippen molar-refractivity contribution in [2.75, 3.05) is 18.2 Å². The summed E-state index contributed by atoms with van der Waals surface area (Å²) in [6, 6.07) is 12.2. The number of methoxy groups -OCH3 is 1. The average Bonchev–Trinajstić information content (AvgIpc) is 2.69. The molecular weight excluding hydrogens is 344 g/mol. The molecule has 0 bridgehead atoms. The maximum absolute atomic E-state index is 12.4. The van der Waals surface area contributed by atoms with Crippen molar-refractivity contribution in [3.05, 3.63) is 53.6 Å². The Balaban J connectivity index is 1.78. The van der Waals surface area contributed by atoms with Gasteiger partial charge >= 0.3 is 0 Å². The van der Waals surface area contributed by atoms with E-state index in [0.717, 1.165) is 17.7 Å². The largest absolute Gasteiger partial charge is 0.497 e. The third kappa shape index (κ3) is 4.08. The highest BCUT2D eigenvalue weighted by atomic mass is 16.5. The highest BCUT2D eigenvalue weighted by molar-refractivity contribution is 6.09. The Hall–Kier alpha value is -3.35. The van der Waals surface area contributed by atoms with Crippen LogP contribution in [0.3, 0.4) is 0 Å². The number of amides is 2. The van der Waals surface area contributed by atoms with E-state index in [2.05, 4.69) is 15.8 Å². The highest BCUT2D eigenvalue weighted by Gasteiger charge is 2.24. The van der Waals surface area contributed by atoms with Crippen LogP contribution in [0.5, 0.6) is 5.75 Å². The van der Waals surface area contributed by atoms with E-state index in [1.165, 1.54) is 0 Å². The number of benzene rings is 2. The van der Waals surface area contributed by atoms with Crippen molar-refractivity contribution in [2.24, 2.45) is 11.0 Å². The monoisotopic (exact) mass is 366 g/mol. The highest BCUT2D eigenvalue weighted by Crippen LogP contribution is 2.26. The maximum Gasteiger partial charge on any atom is 0.255 e. The van der Waals surface area contributed by atoms with Crippen LogP contribution in [0.4, 0.5) is 11.4 Å². The molecule has 0 radical (unpaired) electrons. The number of carbonyl (C=O) groups is 2. The van der Waals surface area contributed by atoms with Gasteiger partial charge < -0.3 is 15.8 Å². The summed E-state index contributed by atoms with van der Waals surface area (Å²) in [7, 11) is 1.57. The van der Waals surface area contributed by atoms with Gasteiger partial charge in [0.05, 0.1) is 24.2 Å². The minimum atomic E-state index is -0.259. The molecular formula is C20H22N4O3. The summed E-state index contributed by atoms with van der Waals surface area (Å²) in [4.78, 5) is 23.9. The molecule has 1 atom stereocenters. The smallest absolute Gasteiger partial charge is 0.255 e. The molecule has 3 rings (SSSR count). The van der Waals surface area contributed by atoms with Crippen LogP contribution in [0.25, 0.3) is 0 Å². The van der Waals surface area contributed by atoms with Crippen molar-refractivity contribution in [3.8, 4) is 5.75 Å². The number of hydrazone groups is 1. The lowest BCUT2D eigenvalue weighted by atomic mass is 9.90. The standard InChI is InChI=1S/C20H22N4O3/c1-3-12-11-18(25)23-24-19(12)14-6-9-17(16(21)10-14)22-20(26)13-4-7-15(27-2)8-5-13/h4-10,12H,3,11,21H2,1-2H3,(H,22,26)(H,23,25). The molecule has 2 aromatic carbocycles. The lowest BCUT2D eigenvalue weighted by Crippen LogP contribution is -2.33. The summed E-state index contributed by atoms with van der Waals surface area (Å²) in [5, 5.41) is 7.00. The second-order valence-corrected chi connectivity index (χ2v) is 6.33. The van der Waals surface area contributed by atoms with Gasteiger partial charge in [-0.2, -0.15) is 5.10 Å². The molecule has 0 spiro atoms. The zero-order valence-electron chi connectivity index (χ0n) is 15.3. The van der Waals surface area contributed by atoms with Gasteiger partial charge in [0.2, 0.25) is 5.91 Å². The lowest BCUT2D eigenvalue weighted by Gasteiger charge is -2.22. The predicted molar refractivity (Wildman–Crippen MR) is 105 cm³/mol. The lowest BCUT2D eigenvalue weighted by molar-refractivity contribution is -0.122. The summed E-state index contributed by atoms with van der Waals surface area (Å²) in [5.74, 6) is 0.395. The van der Waals surface area contributed by atoms with E-state index >= 15 is 0 Å². The molecule has 1 heterocycles. The van der Waals surface area contributed by atoms with Crippen LogP contribution in [-0.2, 0) is 4.79 Å². The molecule has 4 N–H and O–H groups in total. The number of hydrogen-bond acceptors (Lipinski definition) is 5. The van der Waals surface area contributed by atoms with Gasteiger partial charge in [-0.25, -0.2) is 5.43 Å². The van der Waals surface area contributed by atoms with Crippen molar-refractivity contribution >= 4 is 28.9 Å². The van der Waals surface area contributed by atoms with Crippen molar-refractivity contribution in [1.29, 1.82) is 0 Å². The van der Waals surface area contributed by atoms with E-state index < -0.39 is 0 Å². The fourth-order valence-electron chi connectivity index (χ4n) is 2.99. The molecule has 0 fully saturated rings. The fraction of sp³-hybridized carbons (Fsp3) is 0.250. The van der Waals surface area contributed by atoms with E-state index in [9.17, 15) is 9.59 Å². The number of ether oxygens (including phenoxy) is 1. The van der Waals surface area contributed by atoms with Gasteiger partial charge in [0.15, 0.2) is 0 Å². The first-order valence-corrected chi connectivity index (χ1v) is 8.73. The van der Waals surface area contributed by atoms with E-state index in [4.69, 9.17) is 10.5 Å².